The first kappa shape index (κ1) is 12.6. The van der Waals surface area contributed by atoms with Crippen LogP contribution in [0.4, 0.5) is 5.82 Å². The van der Waals surface area contributed by atoms with Crippen LogP contribution < -0.4 is 5.32 Å². The smallest absolute Gasteiger partial charge is 0.134 e. The Kier molecular flexibility index (Phi) is 4.18. The van der Waals surface area contributed by atoms with Gasteiger partial charge >= 0.3 is 0 Å². The second-order valence-electron chi connectivity index (χ2n) is 4.63. The van der Waals surface area contributed by atoms with Crippen molar-refractivity contribution in [3.63, 3.8) is 0 Å². The van der Waals surface area contributed by atoms with Crippen molar-refractivity contribution in [2.45, 2.75) is 32.2 Å². The maximum absolute atomic E-state index is 5.90. The van der Waals surface area contributed by atoms with Crippen LogP contribution >= 0.6 is 11.6 Å². The van der Waals surface area contributed by atoms with Gasteiger partial charge in [0, 0.05) is 18.7 Å². The summed E-state index contributed by atoms with van der Waals surface area (Å²) in [6, 6.07) is 2.37. The third-order valence-electron chi connectivity index (χ3n) is 3.25. The molecule has 0 aromatic carbocycles. The van der Waals surface area contributed by atoms with E-state index in [0.29, 0.717) is 17.0 Å². The molecule has 0 amide bonds. The van der Waals surface area contributed by atoms with Crippen molar-refractivity contribution in [3.8, 4) is 0 Å². The van der Waals surface area contributed by atoms with Crippen LogP contribution in [-0.2, 0) is 0 Å². The molecule has 1 saturated heterocycles. The van der Waals surface area contributed by atoms with E-state index in [1.807, 2.05) is 6.92 Å². The summed E-state index contributed by atoms with van der Waals surface area (Å²) in [5.41, 5.74) is 0. The summed E-state index contributed by atoms with van der Waals surface area (Å²) in [7, 11) is 2.18. The highest BCUT2D eigenvalue weighted by Crippen LogP contribution is 2.16. The molecule has 2 heterocycles. The van der Waals surface area contributed by atoms with Crippen LogP contribution in [0.25, 0.3) is 0 Å². The van der Waals surface area contributed by atoms with E-state index in [1.54, 1.807) is 6.07 Å². The number of likely N-dealkylation sites (tertiary alicyclic amines) is 1. The highest BCUT2D eigenvalue weighted by atomic mass is 35.5. The van der Waals surface area contributed by atoms with E-state index < -0.39 is 0 Å². The molecule has 17 heavy (non-hydrogen) atoms. The Balaban J connectivity index is 1.92. The van der Waals surface area contributed by atoms with Crippen molar-refractivity contribution in [3.05, 3.63) is 17.0 Å². The van der Waals surface area contributed by atoms with Crippen LogP contribution in [0.3, 0.4) is 0 Å². The van der Waals surface area contributed by atoms with E-state index in [2.05, 4.69) is 27.2 Å². The summed E-state index contributed by atoms with van der Waals surface area (Å²) in [5, 5.41) is 3.85. The van der Waals surface area contributed by atoms with Crippen LogP contribution in [0.15, 0.2) is 6.07 Å². The minimum absolute atomic E-state index is 0.497. The van der Waals surface area contributed by atoms with Gasteiger partial charge in [-0.15, -0.1) is 0 Å². The first-order valence-corrected chi connectivity index (χ1v) is 6.48. The summed E-state index contributed by atoms with van der Waals surface area (Å²) in [5.74, 6) is 1.53. The Morgan fingerprint density at radius 3 is 3.00 bits per heavy atom. The quantitative estimate of drug-likeness (QED) is 0.841. The van der Waals surface area contributed by atoms with Crippen LogP contribution in [0.2, 0.25) is 5.15 Å². The molecule has 1 aliphatic heterocycles. The molecule has 1 atom stereocenters. The molecular weight excluding hydrogens is 236 g/mol. The van der Waals surface area contributed by atoms with Gasteiger partial charge in [-0.2, -0.15) is 0 Å². The lowest BCUT2D eigenvalue weighted by Crippen LogP contribution is -2.40. The minimum atomic E-state index is 0.497. The van der Waals surface area contributed by atoms with Gasteiger partial charge in [-0.05, 0) is 33.4 Å². The third-order valence-corrected chi connectivity index (χ3v) is 3.44. The summed E-state index contributed by atoms with van der Waals surface area (Å²) < 4.78 is 0. The Morgan fingerprint density at radius 1 is 1.47 bits per heavy atom. The predicted molar refractivity (Wildman–Crippen MR) is 70.5 cm³/mol. The van der Waals surface area contributed by atoms with Gasteiger partial charge in [0.05, 0.1) is 0 Å². The fourth-order valence-electron chi connectivity index (χ4n) is 2.25. The summed E-state index contributed by atoms with van der Waals surface area (Å²) >= 11 is 5.90. The molecule has 94 valence electrons. The number of aromatic nitrogens is 2. The Morgan fingerprint density at radius 2 is 2.29 bits per heavy atom. The van der Waals surface area contributed by atoms with Gasteiger partial charge in [0.1, 0.15) is 16.8 Å². The first-order chi connectivity index (χ1) is 8.15. The number of nitrogens with one attached hydrogen (secondary N) is 1. The topological polar surface area (TPSA) is 41.1 Å². The zero-order valence-electron chi connectivity index (χ0n) is 10.4. The van der Waals surface area contributed by atoms with Crippen LogP contribution in [0, 0.1) is 6.92 Å². The number of hydrogen-bond acceptors (Lipinski definition) is 4. The molecule has 0 aliphatic carbocycles. The lowest BCUT2D eigenvalue weighted by atomic mass is 10.0. The van der Waals surface area contributed by atoms with Gasteiger partial charge in [-0.1, -0.05) is 18.0 Å². The van der Waals surface area contributed by atoms with Crippen molar-refractivity contribution in [1.82, 2.24) is 14.9 Å². The van der Waals surface area contributed by atoms with Crippen LogP contribution in [0.5, 0.6) is 0 Å². The molecule has 1 aromatic heterocycles. The molecule has 1 aromatic rings. The molecule has 1 fully saturated rings. The number of hydrogen-bond donors (Lipinski definition) is 1. The molecular formula is C12H19ClN4. The molecule has 1 unspecified atom stereocenters. The average Bonchev–Trinajstić information content (AvgIpc) is 2.27. The lowest BCUT2D eigenvalue weighted by Gasteiger charge is -2.32. The zero-order valence-corrected chi connectivity index (χ0v) is 11.2. The average molecular weight is 255 g/mol. The number of piperidine rings is 1. The molecule has 1 N–H and O–H groups in total. The standard InChI is InChI=1S/C12H19ClN4/c1-9-15-11(13)7-12(16-9)14-8-10-5-3-4-6-17(10)2/h7,10H,3-6,8H2,1-2H3,(H,14,15,16). The Labute approximate surface area is 107 Å². The maximum Gasteiger partial charge on any atom is 0.134 e. The predicted octanol–water partition coefficient (Wildman–Crippen LogP) is 2.33. The summed E-state index contributed by atoms with van der Waals surface area (Å²) in [6.07, 6.45) is 3.88. The molecule has 0 spiro atoms. The van der Waals surface area contributed by atoms with E-state index in [0.717, 1.165) is 12.4 Å². The molecule has 0 bridgehead atoms. The van der Waals surface area contributed by atoms with Crippen molar-refractivity contribution in [2.75, 3.05) is 25.5 Å². The second-order valence-corrected chi connectivity index (χ2v) is 5.02. The molecule has 0 radical (unpaired) electrons. The monoisotopic (exact) mass is 254 g/mol. The summed E-state index contributed by atoms with van der Waals surface area (Å²) in [4.78, 5) is 10.8. The Bertz CT molecular complexity index is 363. The number of aryl methyl sites for hydroxylation is 1. The number of halogens is 1. The van der Waals surface area contributed by atoms with Crippen molar-refractivity contribution < 1.29 is 0 Å². The van der Waals surface area contributed by atoms with Gasteiger partial charge in [0.25, 0.3) is 0 Å². The lowest BCUT2D eigenvalue weighted by molar-refractivity contribution is 0.194. The maximum atomic E-state index is 5.90. The number of likely N-dealkylation sites (N-methyl/N-ethyl adjacent to an activating group) is 1. The molecule has 2 rings (SSSR count). The zero-order chi connectivity index (χ0) is 12.3. The third kappa shape index (κ3) is 3.54. The minimum Gasteiger partial charge on any atom is -0.368 e. The fourth-order valence-corrected chi connectivity index (χ4v) is 2.47. The van der Waals surface area contributed by atoms with E-state index in [-0.39, 0.29) is 0 Å². The first-order valence-electron chi connectivity index (χ1n) is 6.10. The molecule has 4 nitrogen and oxygen atoms in total. The highest BCUT2D eigenvalue weighted by molar-refractivity contribution is 6.29. The largest absolute Gasteiger partial charge is 0.368 e. The van der Waals surface area contributed by atoms with E-state index >= 15 is 0 Å². The van der Waals surface area contributed by atoms with E-state index in [9.17, 15) is 0 Å². The van der Waals surface area contributed by atoms with Crippen molar-refractivity contribution >= 4 is 17.4 Å². The van der Waals surface area contributed by atoms with Gasteiger partial charge in [-0.25, -0.2) is 9.97 Å². The van der Waals surface area contributed by atoms with Crippen molar-refractivity contribution in [2.24, 2.45) is 0 Å². The van der Waals surface area contributed by atoms with Crippen LogP contribution in [0.1, 0.15) is 25.1 Å². The van der Waals surface area contributed by atoms with E-state index in [1.165, 1.54) is 25.8 Å². The van der Waals surface area contributed by atoms with Gasteiger partial charge in [0.2, 0.25) is 0 Å². The normalized spacial score (nSPS) is 21.5. The van der Waals surface area contributed by atoms with Gasteiger partial charge in [-0.3, -0.25) is 0 Å². The fraction of sp³-hybridized carbons (Fsp3) is 0.667. The van der Waals surface area contributed by atoms with Gasteiger partial charge in [0.15, 0.2) is 0 Å². The number of nitrogens with zero attached hydrogens (tertiary/aromatic N) is 3. The van der Waals surface area contributed by atoms with E-state index in [4.69, 9.17) is 11.6 Å². The molecule has 1 aliphatic rings. The second kappa shape index (κ2) is 5.65. The number of rotatable bonds is 3. The molecule has 5 heteroatoms. The SMILES string of the molecule is Cc1nc(Cl)cc(NCC2CCCCN2C)n1. The highest BCUT2D eigenvalue weighted by Gasteiger charge is 2.18. The molecule has 0 saturated carbocycles. The summed E-state index contributed by atoms with van der Waals surface area (Å²) in [6.45, 7) is 3.96. The number of anilines is 1. The van der Waals surface area contributed by atoms with Gasteiger partial charge < -0.3 is 10.2 Å². The van der Waals surface area contributed by atoms with Crippen LogP contribution in [-0.4, -0.2) is 41.0 Å². The van der Waals surface area contributed by atoms with Crippen molar-refractivity contribution in [1.29, 1.82) is 0 Å². The Hall–Kier alpha value is -0.870.